The van der Waals surface area contributed by atoms with Crippen LogP contribution in [0.3, 0.4) is 0 Å². The molecule has 126 valence electrons. The van der Waals surface area contributed by atoms with E-state index in [0.29, 0.717) is 11.2 Å². The first-order valence-electron chi connectivity index (χ1n) is 8.09. The predicted octanol–water partition coefficient (Wildman–Crippen LogP) is 3.15. The van der Waals surface area contributed by atoms with Gasteiger partial charge >= 0.3 is 0 Å². The Hall–Kier alpha value is -1.73. The van der Waals surface area contributed by atoms with E-state index in [1.807, 2.05) is 0 Å². The van der Waals surface area contributed by atoms with Crippen molar-refractivity contribution in [1.29, 1.82) is 0 Å². The normalized spacial score (nSPS) is 18.4. The molecule has 1 atom stereocenters. The molecule has 1 aromatic rings. The number of likely N-dealkylation sites (tertiary alicyclic amines) is 1. The Morgan fingerprint density at radius 3 is 2.78 bits per heavy atom. The van der Waals surface area contributed by atoms with Crippen molar-refractivity contribution < 1.29 is 4.92 Å². The van der Waals surface area contributed by atoms with Crippen LogP contribution < -0.4 is 10.6 Å². The summed E-state index contributed by atoms with van der Waals surface area (Å²) < 4.78 is 0. The van der Waals surface area contributed by atoms with Gasteiger partial charge in [0.1, 0.15) is 0 Å². The number of hydrogen-bond acceptors (Lipinski definition) is 4. The highest BCUT2D eigenvalue weighted by Crippen LogP contribution is 2.16. The number of non-ortho nitro benzene ring substituents is 1. The molecule has 0 aromatic heterocycles. The number of hydrogen-bond donors (Lipinski definition) is 2. The summed E-state index contributed by atoms with van der Waals surface area (Å²) in [6.45, 7) is 5.41. The third kappa shape index (κ3) is 5.76. The first kappa shape index (κ1) is 17.6. The Bertz CT molecular complexity index is 535. The topological polar surface area (TPSA) is 70.4 Å². The molecule has 0 radical (unpaired) electrons. The van der Waals surface area contributed by atoms with Gasteiger partial charge < -0.3 is 15.5 Å². The molecular weight excluding hydrogens is 312 g/mol. The first-order valence-corrected chi connectivity index (χ1v) is 8.50. The number of rotatable bonds is 6. The van der Waals surface area contributed by atoms with Crippen molar-refractivity contribution in [2.75, 3.05) is 25.0 Å². The maximum absolute atomic E-state index is 10.6. The summed E-state index contributed by atoms with van der Waals surface area (Å²) in [5.41, 5.74) is 0.822. The van der Waals surface area contributed by atoms with E-state index in [0.717, 1.165) is 25.2 Å². The van der Waals surface area contributed by atoms with E-state index in [4.69, 9.17) is 12.2 Å². The molecule has 0 aliphatic carbocycles. The molecule has 1 saturated heterocycles. The number of nitro groups is 1. The quantitative estimate of drug-likeness (QED) is 0.360. The maximum atomic E-state index is 10.6. The molecule has 0 saturated carbocycles. The summed E-state index contributed by atoms with van der Waals surface area (Å²) >= 11 is 5.24. The molecule has 0 amide bonds. The molecule has 2 rings (SSSR count). The SMILES string of the molecule is C[C@@H]1CCCCN1CCCNC(=S)Nc1ccc([N+](=O)[O-])cc1. The molecular formula is C16H24N4O2S. The number of anilines is 1. The summed E-state index contributed by atoms with van der Waals surface area (Å²) in [4.78, 5) is 12.7. The summed E-state index contributed by atoms with van der Waals surface area (Å²) in [6.07, 6.45) is 5.00. The van der Waals surface area contributed by atoms with Crippen LogP contribution in [0.15, 0.2) is 24.3 Å². The summed E-state index contributed by atoms with van der Waals surface area (Å²) in [7, 11) is 0. The smallest absolute Gasteiger partial charge is 0.269 e. The Labute approximate surface area is 142 Å². The fourth-order valence-electron chi connectivity index (χ4n) is 2.82. The zero-order chi connectivity index (χ0) is 16.7. The van der Waals surface area contributed by atoms with Gasteiger partial charge in [0.25, 0.3) is 5.69 Å². The summed E-state index contributed by atoms with van der Waals surface area (Å²) in [6, 6.07) is 6.92. The third-order valence-corrected chi connectivity index (χ3v) is 4.43. The van der Waals surface area contributed by atoms with Crippen LogP contribution in [0.5, 0.6) is 0 Å². The van der Waals surface area contributed by atoms with E-state index in [9.17, 15) is 10.1 Å². The van der Waals surface area contributed by atoms with Crippen molar-refractivity contribution in [2.45, 2.75) is 38.6 Å². The number of nitro benzene ring substituents is 1. The maximum Gasteiger partial charge on any atom is 0.269 e. The monoisotopic (exact) mass is 336 g/mol. The number of piperidine rings is 1. The molecule has 0 bridgehead atoms. The van der Waals surface area contributed by atoms with E-state index in [2.05, 4.69) is 22.5 Å². The standard InChI is InChI=1S/C16H24N4O2S/c1-13-5-2-3-11-19(13)12-4-10-17-16(23)18-14-6-8-15(9-7-14)20(21)22/h6-9,13H,2-5,10-12H2,1H3,(H2,17,18,23)/t13-/m1/s1. The minimum absolute atomic E-state index is 0.0741. The van der Waals surface area contributed by atoms with Crippen LogP contribution in [0.25, 0.3) is 0 Å². The van der Waals surface area contributed by atoms with Crippen LogP contribution in [-0.4, -0.2) is 40.6 Å². The second kappa shape index (κ2) is 8.79. The minimum atomic E-state index is -0.415. The Morgan fingerprint density at radius 1 is 1.39 bits per heavy atom. The molecule has 6 nitrogen and oxygen atoms in total. The van der Waals surface area contributed by atoms with Gasteiger partial charge in [-0.15, -0.1) is 0 Å². The highest BCUT2D eigenvalue weighted by Gasteiger charge is 2.17. The molecule has 7 heteroatoms. The molecule has 1 aliphatic heterocycles. The molecule has 0 spiro atoms. The van der Waals surface area contributed by atoms with E-state index in [1.165, 1.54) is 37.9 Å². The van der Waals surface area contributed by atoms with E-state index < -0.39 is 4.92 Å². The van der Waals surface area contributed by atoms with Crippen LogP contribution >= 0.6 is 12.2 Å². The van der Waals surface area contributed by atoms with Crippen molar-refractivity contribution in [3.8, 4) is 0 Å². The van der Waals surface area contributed by atoms with Crippen molar-refractivity contribution >= 4 is 28.7 Å². The van der Waals surface area contributed by atoms with E-state index >= 15 is 0 Å². The molecule has 1 heterocycles. The van der Waals surface area contributed by atoms with Crippen molar-refractivity contribution in [3.05, 3.63) is 34.4 Å². The van der Waals surface area contributed by atoms with E-state index in [1.54, 1.807) is 12.1 Å². The summed E-state index contributed by atoms with van der Waals surface area (Å²) in [5, 5.41) is 17.4. The molecule has 2 N–H and O–H groups in total. The molecule has 1 aliphatic rings. The zero-order valence-corrected chi connectivity index (χ0v) is 14.3. The lowest BCUT2D eigenvalue weighted by molar-refractivity contribution is -0.384. The van der Waals surface area contributed by atoms with Gasteiger partial charge in [0.2, 0.25) is 0 Å². The highest BCUT2D eigenvalue weighted by molar-refractivity contribution is 7.80. The van der Waals surface area contributed by atoms with Gasteiger partial charge in [0.05, 0.1) is 4.92 Å². The van der Waals surface area contributed by atoms with Gasteiger partial charge in [0, 0.05) is 37.0 Å². The second-order valence-electron chi connectivity index (χ2n) is 5.92. The number of nitrogens with one attached hydrogen (secondary N) is 2. The van der Waals surface area contributed by atoms with Gasteiger partial charge in [-0.1, -0.05) is 6.42 Å². The summed E-state index contributed by atoms with van der Waals surface area (Å²) in [5.74, 6) is 0. The number of thiocarbonyl (C=S) groups is 1. The van der Waals surface area contributed by atoms with Gasteiger partial charge in [0.15, 0.2) is 5.11 Å². The fourth-order valence-corrected chi connectivity index (χ4v) is 3.04. The van der Waals surface area contributed by atoms with Crippen molar-refractivity contribution in [1.82, 2.24) is 10.2 Å². The van der Waals surface area contributed by atoms with Gasteiger partial charge in [-0.05, 0) is 57.1 Å². The average Bonchev–Trinajstić information content (AvgIpc) is 2.53. The Morgan fingerprint density at radius 2 is 2.13 bits per heavy atom. The first-order chi connectivity index (χ1) is 11.1. The second-order valence-corrected chi connectivity index (χ2v) is 6.33. The fraction of sp³-hybridized carbons (Fsp3) is 0.562. The molecule has 0 unspecified atom stereocenters. The Balaban J connectivity index is 1.65. The Kier molecular flexibility index (Phi) is 6.73. The van der Waals surface area contributed by atoms with Crippen LogP contribution in [0.1, 0.15) is 32.6 Å². The molecule has 23 heavy (non-hydrogen) atoms. The largest absolute Gasteiger partial charge is 0.362 e. The van der Waals surface area contributed by atoms with Gasteiger partial charge in [-0.25, -0.2) is 0 Å². The van der Waals surface area contributed by atoms with Crippen molar-refractivity contribution in [3.63, 3.8) is 0 Å². The van der Waals surface area contributed by atoms with Crippen LogP contribution in [0, 0.1) is 10.1 Å². The highest BCUT2D eigenvalue weighted by atomic mass is 32.1. The number of nitrogens with zero attached hydrogens (tertiary/aromatic N) is 2. The number of benzene rings is 1. The van der Waals surface area contributed by atoms with Gasteiger partial charge in [-0.2, -0.15) is 0 Å². The van der Waals surface area contributed by atoms with Crippen molar-refractivity contribution in [2.24, 2.45) is 0 Å². The average molecular weight is 336 g/mol. The lowest BCUT2D eigenvalue weighted by Gasteiger charge is -2.33. The third-order valence-electron chi connectivity index (χ3n) is 4.18. The van der Waals surface area contributed by atoms with Crippen LogP contribution in [0.4, 0.5) is 11.4 Å². The predicted molar refractivity (Wildman–Crippen MR) is 96.8 cm³/mol. The zero-order valence-electron chi connectivity index (χ0n) is 13.5. The van der Waals surface area contributed by atoms with Crippen LogP contribution in [-0.2, 0) is 0 Å². The lowest BCUT2D eigenvalue weighted by atomic mass is 10.0. The van der Waals surface area contributed by atoms with E-state index in [-0.39, 0.29) is 5.69 Å². The van der Waals surface area contributed by atoms with Gasteiger partial charge in [-0.3, -0.25) is 10.1 Å². The molecule has 1 aromatic carbocycles. The minimum Gasteiger partial charge on any atom is -0.362 e. The van der Waals surface area contributed by atoms with Crippen LogP contribution in [0.2, 0.25) is 0 Å². The molecule has 1 fully saturated rings. The lowest BCUT2D eigenvalue weighted by Crippen LogP contribution is -2.39.